The number of rotatable bonds is 3. The molecule has 2 unspecified atom stereocenters. The average Bonchev–Trinajstić information content (AvgIpc) is 3.01. The van der Waals surface area contributed by atoms with Crippen molar-refractivity contribution in [2.24, 2.45) is 0 Å². The van der Waals surface area contributed by atoms with Gasteiger partial charge in [-0.1, -0.05) is 4.49 Å². The second-order valence-electron chi connectivity index (χ2n) is 7.22. The lowest BCUT2D eigenvalue weighted by Gasteiger charge is -2.39. The van der Waals surface area contributed by atoms with Crippen LogP contribution in [0.3, 0.4) is 0 Å². The fraction of sp³-hybridized carbons (Fsp3) is 0.800. The van der Waals surface area contributed by atoms with Crippen LogP contribution < -0.4 is 5.32 Å². The second kappa shape index (κ2) is 6.12. The first-order valence-corrected chi connectivity index (χ1v) is 8.76. The molecule has 1 amide bonds. The normalized spacial score (nSPS) is 28.0. The van der Waals surface area contributed by atoms with Crippen LogP contribution in [-0.4, -0.2) is 44.3 Å². The highest BCUT2D eigenvalue weighted by Gasteiger charge is 2.44. The van der Waals surface area contributed by atoms with Gasteiger partial charge < -0.3 is 15.0 Å². The molecule has 0 saturated carbocycles. The molecule has 2 bridgehead atoms. The van der Waals surface area contributed by atoms with E-state index in [9.17, 15) is 4.79 Å². The highest BCUT2D eigenvalue weighted by molar-refractivity contribution is 7.03. The predicted molar refractivity (Wildman–Crippen MR) is 84.7 cm³/mol. The smallest absolute Gasteiger partial charge is 0.410 e. The van der Waals surface area contributed by atoms with Gasteiger partial charge in [0.25, 0.3) is 0 Å². The van der Waals surface area contributed by atoms with Crippen molar-refractivity contribution in [2.75, 3.05) is 0 Å². The summed E-state index contributed by atoms with van der Waals surface area (Å²) < 4.78 is 9.44. The van der Waals surface area contributed by atoms with Crippen molar-refractivity contribution in [3.05, 3.63) is 11.1 Å². The molecule has 2 saturated heterocycles. The molecule has 1 N–H and O–H groups in total. The van der Waals surface area contributed by atoms with Crippen LogP contribution in [0.4, 0.5) is 4.79 Å². The van der Waals surface area contributed by atoms with Crippen molar-refractivity contribution >= 4 is 17.6 Å². The Hall–Kier alpha value is -1.21. The number of piperidine rings is 1. The van der Waals surface area contributed by atoms with Crippen molar-refractivity contribution < 1.29 is 9.53 Å². The quantitative estimate of drug-likeness (QED) is 0.925. The SMILES string of the molecule is CC(C)(C)OC(=O)N1C2CCC1CC(NCc1csnn1)C2. The van der Waals surface area contributed by atoms with E-state index in [1.165, 1.54) is 11.5 Å². The van der Waals surface area contributed by atoms with E-state index < -0.39 is 5.60 Å². The summed E-state index contributed by atoms with van der Waals surface area (Å²) in [5, 5.41) is 9.59. The molecule has 122 valence electrons. The molecule has 3 heterocycles. The number of carbonyl (C=O) groups is 1. The van der Waals surface area contributed by atoms with Crippen molar-refractivity contribution in [3.8, 4) is 0 Å². The third-order valence-corrected chi connectivity index (χ3v) is 4.87. The highest BCUT2D eigenvalue weighted by atomic mass is 32.1. The minimum absolute atomic E-state index is 0.151. The summed E-state index contributed by atoms with van der Waals surface area (Å²) in [5.74, 6) is 0. The number of aromatic nitrogens is 2. The molecule has 22 heavy (non-hydrogen) atoms. The summed E-state index contributed by atoms with van der Waals surface area (Å²) in [6.07, 6.45) is 4.00. The Labute approximate surface area is 135 Å². The topological polar surface area (TPSA) is 67.3 Å². The third kappa shape index (κ3) is 3.57. The van der Waals surface area contributed by atoms with Crippen LogP contribution in [0.2, 0.25) is 0 Å². The lowest BCUT2D eigenvalue weighted by Crippen LogP contribution is -2.52. The van der Waals surface area contributed by atoms with E-state index in [4.69, 9.17) is 4.74 Å². The van der Waals surface area contributed by atoms with Crippen LogP contribution in [0.25, 0.3) is 0 Å². The number of fused-ring (bicyclic) bond motifs is 2. The first-order valence-electron chi connectivity index (χ1n) is 7.93. The van der Waals surface area contributed by atoms with Gasteiger partial charge in [0, 0.05) is 30.1 Å². The molecular weight excluding hydrogens is 300 g/mol. The number of amides is 1. The van der Waals surface area contributed by atoms with Gasteiger partial charge in [-0.3, -0.25) is 0 Å². The van der Waals surface area contributed by atoms with Crippen molar-refractivity contribution in [3.63, 3.8) is 0 Å². The maximum atomic E-state index is 12.4. The van der Waals surface area contributed by atoms with E-state index in [-0.39, 0.29) is 6.09 Å². The number of nitrogens with one attached hydrogen (secondary N) is 1. The van der Waals surface area contributed by atoms with Gasteiger partial charge in [-0.15, -0.1) is 5.10 Å². The van der Waals surface area contributed by atoms with Gasteiger partial charge >= 0.3 is 6.09 Å². The van der Waals surface area contributed by atoms with Gasteiger partial charge in [-0.2, -0.15) is 0 Å². The highest BCUT2D eigenvalue weighted by Crippen LogP contribution is 2.36. The summed E-state index contributed by atoms with van der Waals surface area (Å²) in [5.41, 5.74) is 0.565. The Morgan fingerprint density at radius 1 is 1.41 bits per heavy atom. The molecule has 0 radical (unpaired) electrons. The predicted octanol–water partition coefficient (Wildman–Crippen LogP) is 2.56. The van der Waals surface area contributed by atoms with E-state index in [1.807, 2.05) is 31.1 Å². The first-order chi connectivity index (χ1) is 10.4. The molecule has 0 aliphatic carbocycles. The van der Waals surface area contributed by atoms with Gasteiger partial charge in [0.1, 0.15) is 5.60 Å². The van der Waals surface area contributed by atoms with Crippen LogP contribution in [-0.2, 0) is 11.3 Å². The molecule has 2 aliphatic rings. The summed E-state index contributed by atoms with van der Waals surface area (Å²) in [4.78, 5) is 14.4. The zero-order valence-corrected chi connectivity index (χ0v) is 14.2. The summed E-state index contributed by atoms with van der Waals surface area (Å²) >= 11 is 1.38. The maximum Gasteiger partial charge on any atom is 0.410 e. The molecule has 1 aromatic heterocycles. The monoisotopic (exact) mass is 324 g/mol. The van der Waals surface area contributed by atoms with Crippen LogP contribution in [0.1, 0.15) is 52.1 Å². The van der Waals surface area contributed by atoms with Crippen LogP contribution in [0.5, 0.6) is 0 Å². The Morgan fingerprint density at radius 3 is 2.64 bits per heavy atom. The fourth-order valence-corrected chi connectivity index (χ4v) is 3.92. The summed E-state index contributed by atoms with van der Waals surface area (Å²) in [6.45, 7) is 6.52. The number of hydrogen-bond donors (Lipinski definition) is 1. The van der Waals surface area contributed by atoms with E-state index in [0.29, 0.717) is 18.1 Å². The third-order valence-electron chi connectivity index (χ3n) is 4.31. The summed E-state index contributed by atoms with van der Waals surface area (Å²) in [6, 6.07) is 1.05. The maximum absolute atomic E-state index is 12.4. The zero-order valence-electron chi connectivity index (χ0n) is 13.4. The van der Waals surface area contributed by atoms with Crippen molar-refractivity contribution in [1.82, 2.24) is 19.8 Å². The number of carbonyl (C=O) groups excluding carboxylic acids is 1. The van der Waals surface area contributed by atoms with E-state index in [1.54, 1.807) is 0 Å². The molecule has 3 rings (SSSR count). The van der Waals surface area contributed by atoms with Crippen LogP contribution in [0.15, 0.2) is 5.38 Å². The van der Waals surface area contributed by atoms with Gasteiger partial charge in [-0.05, 0) is 58.0 Å². The number of hydrogen-bond acceptors (Lipinski definition) is 6. The Morgan fingerprint density at radius 2 is 2.09 bits per heavy atom. The number of nitrogens with zero attached hydrogens (tertiary/aromatic N) is 3. The van der Waals surface area contributed by atoms with E-state index in [0.717, 1.165) is 37.9 Å². The molecule has 2 aliphatic heterocycles. The lowest BCUT2D eigenvalue weighted by atomic mass is 9.97. The Bertz CT molecular complexity index is 500. The molecule has 1 aromatic rings. The van der Waals surface area contributed by atoms with E-state index >= 15 is 0 Å². The molecular formula is C15H24N4O2S. The average molecular weight is 324 g/mol. The van der Waals surface area contributed by atoms with Gasteiger partial charge in [-0.25, -0.2) is 4.79 Å². The van der Waals surface area contributed by atoms with Crippen LogP contribution in [0, 0.1) is 0 Å². The van der Waals surface area contributed by atoms with Gasteiger partial charge in [0.15, 0.2) is 0 Å². The van der Waals surface area contributed by atoms with Crippen LogP contribution >= 0.6 is 11.5 Å². The molecule has 2 atom stereocenters. The molecule has 0 spiro atoms. The largest absolute Gasteiger partial charge is 0.444 e. The minimum Gasteiger partial charge on any atom is -0.444 e. The van der Waals surface area contributed by atoms with E-state index in [2.05, 4.69) is 14.9 Å². The van der Waals surface area contributed by atoms with Crippen molar-refractivity contribution in [1.29, 1.82) is 0 Å². The van der Waals surface area contributed by atoms with Gasteiger partial charge in [0.05, 0.1) is 5.69 Å². The van der Waals surface area contributed by atoms with Gasteiger partial charge in [0.2, 0.25) is 0 Å². The van der Waals surface area contributed by atoms with Crippen molar-refractivity contribution in [2.45, 2.75) is 76.7 Å². The standard InChI is InChI=1S/C15H24N4O2S/c1-15(2,3)21-14(20)19-12-4-5-13(19)7-10(6-12)16-8-11-9-22-18-17-11/h9-10,12-13,16H,4-8H2,1-3H3. The molecule has 7 heteroatoms. The fourth-order valence-electron chi connectivity index (χ4n) is 3.47. The molecule has 0 aromatic carbocycles. The summed E-state index contributed by atoms with van der Waals surface area (Å²) in [7, 11) is 0. The number of ether oxygens (including phenoxy) is 1. The minimum atomic E-state index is -0.427. The zero-order chi connectivity index (χ0) is 15.7. The lowest BCUT2D eigenvalue weighted by molar-refractivity contribution is 0.00465. The Kier molecular flexibility index (Phi) is 4.36. The molecule has 6 nitrogen and oxygen atoms in total. The second-order valence-corrected chi connectivity index (χ2v) is 7.83. The first kappa shape index (κ1) is 15.7. The molecule has 2 fully saturated rings. The Balaban J connectivity index is 1.56.